The van der Waals surface area contributed by atoms with Crippen LogP contribution < -0.4 is 10.2 Å². The van der Waals surface area contributed by atoms with E-state index in [2.05, 4.69) is 20.4 Å². The van der Waals surface area contributed by atoms with E-state index in [9.17, 15) is 4.79 Å². The molecule has 1 aliphatic heterocycles. The van der Waals surface area contributed by atoms with E-state index in [-0.39, 0.29) is 11.8 Å². The zero-order valence-electron chi connectivity index (χ0n) is 16.3. The average molecular weight is 407 g/mol. The number of halogens is 1. The molecule has 1 amide bonds. The molecule has 1 fully saturated rings. The summed E-state index contributed by atoms with van der Waals surface area (Å²) in [4.78, 5) is 14.8. The molecule has 1 saturated heterocycles. The summed E-state index contributed by atoms with van der Waals surface area (Å²) >= 11 is 5.94. The van der Waals surface area contributed by atoms with Gasteiger partial charge in [0.15, 0.2) is 5.82 Å². The third kappa shape index (κ3) is 4.57. The van der Waals surface area contributed by atoms with Crippen LogP contribution in [0.3, 0.4) is 0 Å². The van der Waals surface area contributed by atoms with Crippen molar-refractivity contribution in [1.29, 1.82) is 0 Å². The average Bonchev–Trinajstić information content (AvgIpc) is 2.76. The van der Waals surface area contributed by atoms with Gasteiger partial charge in [-0.3, -0.25) is 4.79 Å². The molecule has 148 valence electrons. The molecule has 2 heterocycles. The molecule has 0 aliphatic carbocycles. The summed E-state index contributed by atoms with van der Waals surface area (Å²) in [6.45, 7) is 3.59. The molecular formula is C23H23ClN4O. The van der Waals surface area contributed by atoms with Gasteiger partial charge in [-0.15, -0.1) is 10.2 Å². The number of aryl methyl sites for hydroxylation is 1. The normalized spacial score (nSPS) is 14.6. The first-order valence-electron chi connectivity index (χ1n) is 9.81. The highest BCUT2D eigenvalue weighted by molar-refractivity contribution is 6.30. The first-order chi connectivity index (χ1) is 14.1. The number of nitrogens with zero attached hydrogens (tertiary/aromatic N) is 3. The number of hydrogen-bond acceptors (Lipinski definition) is 4. The standard InChI is InChI=1S/C23H23ClN4O/c1-16-4-2-3-5-20(16)25-23(29)18-12-14-28(15-13-18)22-11-10-21(26-27-22)17-6-8-19(24)9-7-17/h2-11,18H,12-15H2,1H3,(H,25,29). The number of carbonyl (C=O) groups is 1. The van der Waals surface area contributed by atoms with Crippen LogP contribution in [0.2, 0.25) is 5.02 Å². The Kier molecular flexibility index (Phi) is 5.76. The number of anilines is 2. The van der Waals surface area contributed by atoms with Crippen molar-refractivity contribution in [1.82, 2.24) is 10.2 Å². The zero-order valence-corrected chi connectivity index (χ0v) is 17.1. The van der Waals surface area contributed by atoms with Crippen LogP contribution in [0.15, 0.2) is 60.7 Å². The maximum Gasteiger partial charge on any atom is 0.227 e. The Morgan fingerprint density at radius 1 is 1.00 bits per heavy atom. The molecule has 6 heteroatoms. The molecule has 1 aliphatic rings. The van der Waals surface area contributed by atoms with Gasteiger partial charge in [0.2, 0.25) is 5.91 Å². The van der Waals surface area contributed by atoms with Gasteiger partial charge in [0.25, 0.3) is 0 Å². The molecule has 1 aromatic heterocycles. The highest BCUT2D eigenvalue weighted by atomic mass is 35.5. The Morgan fingerprint density at radius 2 is 1.72 bits per heavy atom. The number of para-hydroxylation sites is 1. The van der Waals surface area contributed by atoms with Crippen molar-refractivity contribution in [2.75, 3.05) is 23.3 Å². The second-order valence-corrected chi connectivity index (χ2v) is 7.79. The van der Waals surface area contributed by atoms with E-state index in [0.717, 1.165) is 54.3 Å². The predicted octanol–water partition coefficient (Wildman–Crippen LogP) is 4.96. The van der Waals surface area contributed by atoms with E-state index in [1.54, 1.807) is 0 Å². The molecule has 0 atom stereocenters. The Labute approximate surface area is 175 Å². The molecule has 29 heavy (non-hydrogen) atoms. The third-order valence-corrected chi connectivity index (χ3v) is 5.64. The van der Waals surface area contributed by atoms with Crippen molar-refractivity contribution in [2.45, 2.75) is 19.8 Å². The molecule has 4 rings (SSSR count). The summed E-state index contributed by atoms with van der Waals surface area (Å²) in [6.07, 6.45) is 1.61. The van der Waals surface area contributed by atoms with Crippen LogP contribution in [0.1, 0.15) is 18.4 Å². The van der Waals surface area contributed by atoms with Gasteiger partial charge in [-0.05, 0) is 55.7 Å². The van der Waals surface area contributed by atoms with Crippen LogP contribution in [0.25, 0.3) is 11.3 Å². The Balaban J connectivity index is 1.35. The topological polar surface area (TPSA) is 58.1 Å². The van der Waals surface area contributed by atoms with Crippen LogP contribution in [0.5, 0.6) is 0 Å². The molecule has 0 bridgehead atoms. The molecule has 0 unspecified atom stereocenters. The summed E-state index contributed by atoms with van der Waals surface area (Å²) in [5.41, 5.74) is 3.77. The largest absolute Gasteiger partial charge is 0.355 e. The lowest BCUT2D eigenvalue weighted by Gasteiger charge is -2.32. The predicted molar refractivity (Wildman–Crippen MR) is 117 cm³/mol. The monoisotopic (exact) mass is 406 g/mol. The van der Waals surface area contributed by atoms with E-state index >= 15 is 0 Å². The first kappa shape index (κ1) is 19.4. The SMILES string of the molecule is Cc1ccccc1NC(=O)C1CCN(c2ccc(-c3ccc(Cl)cc3)nn2)CC1. The zero-order chi connectivity index (χ0) is 20.2. The van der Waals surface area contributed by atoms with Gasteiger partial charge in [-0.25, -0.2) is 0 Å². The van der Waals surface area contributed by atoms with E-state index in [1.807, 2.05) is 67.6 Å². The lowest BCUT2D eigenvalue weighted by Crippen LogP contribution is -2.38. The molecule has 0 saturated carbocycles. The number of hydrogen-bond donors (Lipinski definition) is 1. The first-order valence-corrected chi connectivity index (χ1v) is 10.2. The number of nitrogens with one attached hydrogen (secondary N) is 1. The molecular weight excluding hydrogens is 384 g/mol. The van der Waals surface area contributed by atoms with Crippen LogP contribution in [0.4, 0.5) is 11.5 Å². The number of carbonyl (C=O) groups excluding carboxylic acids is 1. The van der Waals surface area contributed by atoms with Gasteiger partial charge in [-0.2, -0.15) is 0 Å². The van der Waals surface area contributed by atoms with Crippen molar-refractivity contribution in [3.63, 3.8) is 0 Å². The summed E-state index contributed by atoms with van der Waals surface area (Å²) in [7, 11) is 0. The lowest BCUT2D eigenvalue weighted by atomic mass is 9.95. The highest BCUT2D eigenvalue weighted by Crippen LogP contribution is 2.25. The van der Waals surface area contributed by atoms with Crippen molar-refractivity contribution >= 4 is 29.0 Å². The number of amides is 1. The minimum atomic E-state index is 0.0205. The maximum absolute atomic E-state index is 12.6. The summed E-state index contributed by atoms with van der Waals surface area (Å²) < 4.78 is 0. The van der Waals surface area contributed by atoms with Crippen molar-refractivity contribution in [2.24, 2.45) is 5.92 Å². The van der Waals surface area contributed by atoms with Crippen molar-refractivity contribution in [3.8, 4) is 11.3 Å². The van der Waals surface area contributed by atoms with Crippen LogP contribution in [-0.4, -0.2) is 29.2 Å². The number of benzene rings is 2. The quantitative estimate of drug-likeness (QED) is 0.665. The van der Waals surface area contributed by atoms with E-state index < -0.39 is 0 Å². The van der Waals surface area contributed by atoms with E-state index in [0.29, 0.717) is 5.02 Å². The fraction of sp³-hybridized carbons (Fsp3) is 0.261. The Hall–Kier alpha value is -2.92. The lowest BCUT2D eigenvalue weighted by molar-refractivity contribution is -0.120. The third-order valence-electron chi connectivity index (χ3n) is 5.38. The maximum atomic E-state index is 12.6. The number of piperidine rings is 1. The van der Waals surface area contributed by atoms with Crippen LogP contribution >= 0.6 is 11.6 Å². The molecule has 3 aromatic rings. The Bertz CT molecular complexity index is 981. The van der Waals surface area contributed by atoms with Gasteiger partial charge < -0.3 is 10.2 Å². The van der Waals surface area contributed by atoms with E-state index in [1.165, 1.54) is 0 Å². The van der Waals surface area contributed by atoms with Crippen molar-refractivity contribution < 1.29 is 4.79 Å². The second-order valence-electron chi connectivity index (χ2n) is 7.35. The van der Waals surface area contributed by atoms with Gasteiger partial charge in [0.1, 0.15) is 0 Å². The van der Waals surface area contributed by atoms with Crippen LogP contribution in [-0.2, 0) is 4.79 Å². The van der Waals surface area contributed by atoms with Crippen molar-refractivity contribution in [3.05, 3.63) is 71.2 Å². The molecule has 0 radical (unpaired) electrons. The minimum Gasteiger partial charge on any atom is -0.355 e. The molecule has 5 nitrogen and oxygen atoms in total. The second kappa shape index (κ2) is 8.62. The van der Waals surface area contributed by atoms with Crippen LogP contribution in [0, 0.1) is 12.8 Å². The fourth-order valence-corrected chi connectivity index (χ4v) is 3.71. The number of rotatable bonds is 4. The summed E-state index contributed by atoms with van der Waals surface area (Å²) in [5.74, 6) is 0.968. The molecule has 0 spiro atoms. The molecule has 2 aromatic carbocycles. The fourth-order valence-electron chi connectivity index (χ4n) is 3.59. The summed E-state index contributed by atoms with van der Waals surface area (Å²) in [5, 5.41) is 12.5. The highest BCUT2D eigenvalue weighted by Gasteiger charge is 2.26. The molecule has 1 N–H and O–H groups in total. The van der Waals surface area contributed by atoms with Gasteiger partial charge in [0.05, 0.1) is 5.69 Å². The smallest absolute Gasteiger partial charge is 0.227 e. The number of aromatic nitrogens is 2. The van der Waals surface area contributed by atoms with E-state index in [4.69, 9.17) is 11.6 Å². The summed E-state index contributed by atoms with van der Waals surface area (Å²) in [6, 6.07) is 19.4. The van der Waals surface area contributed by atoms with Gasteiger partial charge >= 0.3 is 0 Å². The Morgan fingerprint density at radius 3 is 2.38 bits per heavy atom. The minimum absolute atomic E-state index is 0.0205. The van der Waals surface area contributed by atoms with Gasteiger partial charge in [0, 0.05) is 35.3 Å². The van der Waals surface area contributed by atoms with Gasteiger partial charge in [-0.1, -0.05) is 41.9 Å².